The summed E-state index contributed by atoms with van der Waals surface area (Å²) in [7, 11) is 0. The third kappa shape index (κ3) is 5.27. The van der Waals surface area contributed by atoms with E-state index in [9.17, 15) is 19.7 Å². The highest BCUT2D eigenvalue weighted by Crippen LogP contribution is 2.27. The maximum absolute atomic E-state index is 13.6. The van der Waals surface area contributed by atoms with Gasteiger partial charge in [-0.05, 0) is 31.5 Å². The Bertz CT molecular complexity index is 1810. The van der Waals surface area contributed by atoms with Gasteiger partial charge in [-0.3, -0.25) is 19.5 Å². The van der Waals surface area contributed by atoms with E-state index >= 15 is 0 Å². The number of nitro benzene ring substituents is 1. The number of hydrogen-bond donors (Lipinski definition) is 0. The summed E-state index contributed by atoms with van der Waals surface area (Å²) in [6.07, 6.45) is 5.26. The lowest BCUT2D eigenvalue weighted by molar-refractivity contribution is -0.384. The van der Waals surface area contributed by atoms with Crippen LogP contribution in [-0.4, -0.2) is 22.1 Å². The summed E-state index contributed by atoms with van der Waals surface area (Å²) >= 11 is 1.18. The second kappa shape index (κ2) is 10.9. The van der Waals surface area contributed by atoms with Crippen molar-refractivity contribution in [1.82, 2.24) is 4.57 Å². The Morgan fingerprint density at radius 2 is 1.97 bits per heavy atom. The molecule has 0 saturated carbocycles. The number of esters is 1. The summed E-state index contributed by atoms with van der Waals surface area (Å²) in [5.74, 6) is 0.310. The predicted molar refractivity (Wildman–Crippen MR) is 148 cm³/mol. The van der Waals surface area contributed by atoms with Crippen LogP contribution in [0.2, 0.25) is 0 Å². The van der Waals surface area contributed by atoms with Crippen molar-refractivity contribution in [3.63, 3.8) is 0 Å². The van der Waals surface area contributed by atoms with Crippen molar-refractivity contribution in [2.45, 2.75) is 19.9 Å². The summed E-state index contributed by atoms with van der Waals surface area (Å²) in [6.45, 7) is 3.65. The van der Waals surface area contributed by atoms with Crippen LogP contribution < -0.4 is 14.9 Å². The summed E-state index contributed by atoms with van der Waals surface area (Å²) in [4.78, 5) is 42.2. The van der Waals surface area contributed by atoms with Crippen LogP contribution in [0.4, 0.5) is 5.69 Å². The molecule has 0 N–H and O–H groups in total. The highest BCUT2D eigenvalue weighted by molar-refractivity contribution is 7.07. The number of allylic oxidation sites excluding steroid dienone is 2. The van der Waals surface area contributed by atoms with E-state index in [0.29, 0.717) is 37.7 Å². The van der Waals surface area contributed by atoms with Crippen LogP contribution in [0.25, 0.3) is 23.5 Å². The van der Waals surface area contributed by atoms with E-state index in [2.05, 4.69) is 4.99 Å². The Labute approximate surface area is 226 Å². The number of rotatable bonds is 7. The molecule has 0 fully saturated rings. The Morgan fingerprint density at radius 3 is 2.72 bits per heavy atom. The third-order valence-corrected chi connectivity index (χ3v) is 7.05. The molecule has 4 aromatic rings. The van der Waals surface area contributed by atoms with E-state index in [1.165, 1.54) is 28.0 Å². The fourth-order valence-electron chi connectivity index (χ4n) is 4.27. The average molecular weight is 542 g/mol. The zero-order valence-electron chi connectivity index (χ0n) is 21.1. The smallest absolute Gasteiger partial charge is 0.338 e. The lowest BCUT2D eigenvalue weighted by Crippen LogP contribution is -2.38. The van der Waals surface area contributed by atoms with Gasteiger partial charge in [-0.2, -0.15) is 0 Å². The van der Waals surface area contributed by atoms with Gasteiger partial charge in [-0.1, -0.05) is 66.0 Å². The standard InChI is InChI=1S/C29H23N3O6S/c1-3-37-28(34)26-18(2)30-29-31(23(26)14-12-19-8-5-4-6-9-19)27(33)25(39-29)17-22-13-15-24(38-22)20-10-7-11-21(16-20)32(35)36/h4-17,23H,3H2,1-2H3/b14-12+,25-17-. The van der Waals surface area contributed by atoms with Gasteiger partial charge in [-0.25, -0.2) is 9.79 Å². The molecule has 0 saturated heterocycles. The van der Waals surface area contributed by atoms with Crippen LogP contribution in [0.15, 0.2) is 98.3 Å². The van der Waals surface area contributed by atoms with E-state index in [0.717, 1.165) is 5.56 Å². The van der Waals surface area contributed by atoms with Gasteiger partial charge in [0, 0.05) is 23.8 Å². The van der Waals surface area contributed by atoms with Crippen LogP contribution in [0.3, 0.4) is 0 Å². The summed E-state index contributed by atoms with van der Waals surface area (Å²) in [6, 6.07) is 18.4. The number of furan rings is 1. The van der Waals surface area contributed by atoms with Crippen LogP contribution >= 0.6 is 11.3 Å². The van der Waals surface area contributed by atoms with Crippen LogP contribution in [0, 0.1) is 10.1 Å². The van der Waals surface area contributed by atoms with E-state index in [-0.39, 0.29) is 17.9 Å². The minimum atomic E-state index is -0.709. The molecule has 1 aliphatic heterocycles. The predicted octanol–water partition coefficient (Wildman–Crippen LogP) is 4.63. The van der Waals surface area contributed by atoms with E-state index in [1.807, 2.05) is 36.4 Å². The molecule has 0 amide bonds. The van der Waals surface area contributed by atoms with Gasteiger partial charge in [0.05, 0.1) is 33.4 Å². The van der Waals surface area contributed by atoms with Gasteiger partial charge in [-0.15, -0.1) is 0 Å². The van der Waals surface area contributed by atoms with Crippen molar-refractivity contribution in [2.24, 2.45) is 4.99 Å². The largest absolute Gasteiger partial charge is 0.463 e. The molecule has 39 heavy (non-hydrogen) atoms. The first-order chi connectivity index (χ1) is 18.9. The zero-order valence-corrected chi connectivity index (χ0v) is 21.9. The molecule has 5 rings (SSSR count). The van der Waals surface area contributed by atoms with Crippen LogP contribution in [0.5, 0.6) is 0 Å². The van der Waals surface area contributed by atoms with Gasteiger partial charge in [0.2, 0.25) is 0 Å². The van der Waals surface area contributed by atoms with Gasteiger partial charge < -0.3 is 9.15 Å². The summed E-state index contributed by atoms with van der Waals surface area (Å²) < 4.78 is 13.0. The minimum absolute atomic E-state index is 0.0462. The number of nitrogens with zero attached hydrogens (tertiary/aromatic N) is 3. The molecule has 2 aromatic carbocycles. The number of aromatic nitrogens is 1. The Balaban J connectivity index is 1.57. The van der Waals surface area contributed by atoms with Gasteiger partial charge in [0.25, 0.3) is 11.2 Å². The quantitative estimate of drug-likeness (QED) is 0.191. The fraction of sp³-hybridized carbons (Fsp3) is 0.138. The Morgan fingerprint density at radius 1 is 1.18 bits per heavy atom. The molecule has 1 unspecified atom stereocenters. The molecule has 0 radical (unpaired) electrons. The molecule has 196 valence electrons. The zero-order chi connectivity index (χ0) is 27.5. The molecule has 10 heteroatoms. The summed E-state index contributed by atoms with van der Waals surface area (Å²) in [5, 5.41) is 11.1. The van der Waals surface area contributed by atoms with Crippen molar-refractivity contribution in [3.8, 4) is 11.3 Å². The molecular weight excluding hydrogens is 518 g/mol. The third-order valence-electron chi connectivity index (χ3n) is 6.07. The van der Waals surface area contributed by atoms with Crippen molar-refractivity contribution in [1.29, 1.82) is 0 Å². The average Bonchev–Trinajstić information content (AvgIpc) is 3.52. The van der Waals surface area contributed by atoms with Crippen molar-refractivity contribution >= 4 is 35.1 Å². The van der Waals surface area contributed by atoms with E-state index in [1.54, 1.807) is 50.3 Å². The molecule has 9 nitrogen and oxygen atoms in total. The van der Waals surface area contributed by atoms with Crippen molar-refractivity contribution in [3.05, 3.63) is 125 Å². The highest BCUT2D eigenvalue weighted by atomic mass is 32.1. The summed E-state index contributed by atoms with van der Waals surface area (Å²) in [5.41, 5.74) is 1.87. The number of ether oxygens (including phenoxy) is 1. The minimum Gasteiger partial charge on any atom is -0.463 e. The number of fused-ring (bicyclic) bond motifs is 1. The van der Waals surface area contributed by atoms with Crippen molar-refractivity contribution < 1.29 is 18.9 Å². The van der Waals surface area contributed by atoms with Gasteiger partial charge in [0.15, 0.2) is 4.80 Å². The molecule has 1 atom stereocenters. The SMILES string of the molecule is CCOC(=O)C1=C(C)N=c2s/c(=C\c3ccc(-c4cccc([N+](=O)[O-])c4)o3)c(=O)n2C1/C=C/c1ccccc1. The number of nitro groups is 1. The topological polar surface area (TPSA) is 117 Å². The lowest BCUT2D eigenvalue weighted by Gasteiger charge is -2.21. The Hall–Kier alpha value is -4.83. The number of non-ortho nitro benzene ring substituents is 1. The number of carbonyl (C=O) groups excluding carboxylic acids is 1. The monoisotopic (exact) mass is 541 g/mol. The molecule has 0 aliphatic carbocycles. The maximum atomic E-state index is 13.6. The van der Waals surface area contributed by atoms with Crippen LogP contribution in [0.1, 0.15) is 31.2 Å². The first-order valence-corrected chi connectivity index (χ1v) is 12.9. The Kier molecular flexibility index (Phi) is 7.20. The second-order valence-electron chi connectivity index (χ2n) is 8.62. The molecule has 1 aliphatic rings. The first kappa shape index (κ1) is 25.8. The number of thiazole rings is 1. The lowest BCUT2D eigenvalue weighted by atomic mass is 10.0. The van der Waals surface area contributed by atoms with Gasteiger partial charge in [0.1, 0.15) is 11.5 Å². The first-order valence-electron chi connectivity index (χ1n) is 12.1. The second-order valence-corrected chi connectivity index (χ2v) is 9.63. The molecule has 0 spiro atoms. The highest BCUT2D eigenvalue weighted by Gasteiger charge is 2.30. The fourth-order valence-corrected chi connectivity index (χ4v) is 5.31. The normalized spacial score (nSPS) is 15.3. The molecule has 3 heterocycles. The molecular formula is C29H23N3O6S. The molecule has 0 bridgehead atoms. The van der Waals surface area contributed by atoms with E-state index < -0.39 is 16.9 Å². The van der Waals surface area contributed by atoms with Crippen LogP contribution in [-0.2, 0) is 9.53 Å². The number of carbonyl (C=O) groups is 1. The van der Waals surface area contributed by atoms with Crippen molar-refractivity contribution in [2.75, 3.05) is 6.61 Å². The number of hydrogen-bond acceptors (Lipinski definition) is 8. The number of benzene rings is 2. The van der Waals surface area contributed by atoms with Gasteiger partial charge >= 0.3 is 5.97 Å². The maximum Gasteiger partial charge on any atom is 0.338 e. The molecule has 2 aromatic heterocycles. The van der Waals surface area contributed by atoms with E-state index in [4.69, 9.17) is 9.15 Å².